The third kappa shape index (κ3) is 4.13. The molecule has 4 heteroatoms. The van der Waals surface area contributed by atoms with E-state index in [1.807, 2.05) is 30.3 Å². The van der Waals surface area contributed by atoms with Gasteiger partial charge in [-0.15, -0.1) is 0 Å². The summed E-state index contributed by atoms with van der Waals surface area (Å²) in [5.74, 6) is -0.213. The molecule has 1 saturated carbocycles. The third-order valence-electron chi connectivity index (χ3n) is 4.83. The minimum Gasteiger partial charge on any atom is -0.438 e. The van der Waals surface area contributed by atoms with E-state index < -0.39 is 12.2 Å². The van der Waals surface area contributed by atoms with Crippen LogP contribution in [0.15, 0.2) is 54.6 Å². The maximum absolute atomic E-state index is 12.7. The Hall–Kier alpha value is -2.62. The number of benzene rings is 2. The van der Waals surface area contributed by atoms with Crippen molar-refractivity contribution < 1.29 is 14.3 Å². The van der Waals surface area contributed by atoms with Gasteiger partial charge in [-0.1, -0.05) is 63.2 Å². The van der Waals surface area contributed by atoms with Gasteiger partial charge in [0.2, 0.25) is 0 Å². The van der Waals surface area contributed by atoms with Gasteiger partial charge in [0.25, 0.3) is 0 Å². The predicted octanol–water partition coefficient (Wildman–Crippen LogP) is 5.05. The summed E-state index contributed by atoms with van der Waals surface area (Å²) in [6, 6.07) is 17.3. The lowest BCUT2D eigenvalue weighted by Gasteiger charge is -2.20. The quantitative estimate of drug-likeness (QED) is 0.842. The van der Waals surface area contributed by atoms with Crippen LogP contribution in [0.4, 0.5) is 10.5 Å². The SMILES string of the molecule is CC(C)(C)c1ccc(C2CCC(OC(=O)Nc3ccccc3)C2=O)cc1. The van der Waals surface area contributed by atoms with Crippen LogP contribution >= 0.6 is 0 Å². The van der Waals surface area contributed by atoms with Crippen LogP contribution in [0.2, 0.25) is 0 Å². The van der Waals surface area contributed by atoms with E-state index in [0.29, 0.717) is 18.5 Å². The van der Waals surface area contributed by atoms with E-state index in [-0.39, 0.29) is 17.1 Å². The number of ether oxygens (including phenoxy) is 1. The fourth-order valence-corrected chi connectivity index (χ4v) is 3.29. The molecule has 1 fully saturated rings. The molecular weight excluding hydrogens is 326 g/mol. The van der Waals surface area contributed by atoms with Crippen molar-refractivity contribution in [3.63, 3.8) is 0 Å². The number of carbonyl (C=O) groups is 2. The lowest BCUT2D eigenvalue weighted by molar-refractivity contribution is -0.125. The highest BCUT2D eigenvalue weighted by molar-refractivity contribution is 5.94. The number of hydrogen-bond acceptors (Lipinski definition) is 3. The number of anilines is 1. The number of nitrogens with one attached hydrogen (secondary N) is 1. The Morgan fingerprint density at radius 3 is 2.27 bits per heavy atom. The van der Waals surface area contributed by atoms with Gasteiger partial charge in [0.05, 0.1) is 0 Å². The zero-order valence-corrected chi connectivity index (χ0v) is 15.5. The number of amides is 1. The van der Waals surface area contributed by atoms with E-state index in [2.05, 4.69) is 38.2 Å². The Balaban J connectivity index is 1.62. The van der Waals surface area contributed by atoms with Gasteiger partial charge in [0, 0.05) is 11.6 Å². The van der Waals surface area contributed by atoms with E-state index in [9.17, 15) is 9.59 Å². The molecule has 0 spiro atoms. The molecule has 4 nitrogen and oxygen atoms in total. The van der Waals surface area contributed by atoms with Gasteiger partial charge >= 0.3 is 6.09 Å². The summed E-state index contributed by atoms with van der Waals surface area (Å²) < 4.78 is 5.36. The van der Waals surface area contributed by atoms with Crippen molar-refractivity contribution in [2.45, 2.75) is 51.0 Å². The monoisotopic (exact) mass is 351 g/mol. The average molecular weight is 351 g/mol. The maximum Gasteiger partial charge on any atom is 0.412 e. The molecule has 0 radical (unpaired) electrons. The number of ketones is 1. The highest BCUT2D eigenvalue weighted by Gasteiger charge is 2.37. The highest BCUT2D eigenvalue weighted by Crippen LogP contribution is 2.34. The first-order valence-electron chi connectivity index (χ1n) is 9.01. The van der Waals surface area contributed by atoms with Gasteiger partial charge in [-0.05, 0) is 41.5 Å². The number of para-hydroxylation sites is 1. The molecule has 1 amide bonds. The molecule has 0 aliphatic heterocycles. The summed E-state index contributed by atoms with van der Waals surface area (Å²) in [7, 11) is 0. The fraction of sp³-hybridized carbons (Fsp3) is 0.364. The van der Waals surface area contributed by atoms with E-state index >= 15 is 0 Å². The van der Waals surface area contributed by atoms with Crippen LogP contribution in [-0.4, -0.2) is 18.0 Å². The first kappa shape index (κ1) is 18.2. The fourth-order valence-electron chi connectivity index (χ4n) is 3.29. The summed E-state index contributed by atoms with van der Waals surface area (Å²) in [5.41, 5.74) is 2.97. The van der Waals surface area contributed by atoms with E-state index in [0.717, 1.165) is 5.56 Å². The van der Waals surface area contributed by atoms with Gasteiger partial charge in [-0.3, -0.25) is 10.1 Å². The number of Topliss-reactive ketones (excluding diaryl/α,β-unsaturated/α-hetero) is 1. The van der Waals surface area contributed by atoms with Crippen molar-refractivity contribution in [3.05, 3.63) is 65.7 Å². The zero-order valence-electron chi connectivity index (χ0n) is 15.5. The molecule has 2 unspecified atom stereocenters. The van der Waals surface area contributed by atoms with Crippen LogP contribution in [0.25, 0.3) is 0 Å². The first-order valence-corrected chi connectivity index (χ1v) is 9.01. The summed E-state index contributed by atoms with van der Waals surface area (Å²) in [4.78, 5) is 24.7. The molecule has 26 heavy (non-hydrogen) atoms. The second-order valence-corrected chi connectivity index (χ2v) is 7.79. The van der Waals surface area contributed by atoms with Gasteiger partial charge in [0.1, 0.15) is 0 Å². The molecule has 0 saturated heterocycles. The van der Waals surface area contributed by atoms with Crippen molar-refractivity contribution in [2.24, 2.45) is 0 Å². The van der Waals surface area contributed by atoms with Crippen LogP contribution in [-0.2, 0) is 14.9 Å². The zero-order chi connectivity index (χ0) is 18.7. The number of carbonyl (C=O) groups excluding carboxylic acids is 2. The lowest BCUT2D eigenvalue weighted by atomic mass is 9.85. The Morgan fingerprint density at radius 2 is 1.65 bits per heavy atom. The number of rotatable bonds is 3. The largest absolute Gasteiger partial charge is 0.438 e. The molecule has 136 valence electrons. The van der Waals surface area contributed by atoms with Crippen LogP contribution in [0.1, 0.15) is 50.7 Å². The summed E-state index contributed by atoms with van der Waals surface area (Å²) in [5, 5.41) is 2.65. The van der Waals surface area contributed by atoms with Crippen molar-refractivity contribution >= 4 is 17.6 Å². The van der Waals surface area contributed by atoms with Crippen molar-refractivity contribution in [2.75, 3.05) is 5.32 Å². The molecule has 0 aromatic heterocycles. The molecule has 0 heterocycles. The van der Waals surface area contributed by atoms with Crippen LogP contribution in [0.5, 0.6) is 0 Å². The van der Waals surface area contributed by atoms with Gasteiger partial charge in [0.15, 0.2) is 11.9 Å². The molecule has 2 aromatic carbocycles. The smallest absolute Gasteiger partial charge is 0.412 e. The average Bonchev–Trinajstić information content (AvgIpc) is 2.96. The minimum absolute atomic E-state index is 0.0169. The molecular formula is C22H25NO3. The van der Waals surface area contributed by atoms with Gasteiger partial charge < -0.3 is 4.74 Å². The van der Waals surface area contributed by atoms with Crippen LogP contribution in [0.3, 0.4) is 0 Å². The van der Waals surface area contributed by atoms with E-state index in [1.165, 1.54) is 5.56 Å². The Labute approximate surface area is 154 Å². The van der Waals surface area contributed by atoms with Crippen LogP contribution < -0.4 is 5.32 Å². The Kier molecular flexibility index (Phi) is 5.12. The molecule has 1 aliphatic carbocycles. The topological polar surface area (TPSA) is 55.4 Å². The van der Waals surface area contributed by atoms with E-state index in [4.69, 9.17) is 4.74 Å². The molecule has 0 bridgehead atoms. The van der Waals surface area contributed by atoms with Crippen molar-refractivity contribution in [3.8, 4) is 0 Å². The van der Waals surface area contributed by atoms with E-state index in [1.54, 1.807) is 12.1 Å². The number of hydrogen-bond donors (Lipinski definition) is 1. The molecule has 2 aromatic rings. The molecule has 3 rings (SSSR count). The second kappa shape index (κ2) is 7.32. The first-order chi connectivity index (χ1) is 12.3. The molecule has 2 atom stereocenters. The molecule has 1 aliphatic rings. The summed E-state index contributed by atoms with van der Waals surface area (Å²) >= 11 is 0. The van der Waals surface area contributed by atoms with Crippen molar-refractivity contribution in [1.82, 2.24) is 0 Å². The highest BCUT2D eigenvalue weighted by atomic mass is 16.6. The minimum atomic E-state index is -0.675. The van der Waals surface area contributed by atoms with Crippen LogP contribution in [0, 0.1) is 0 Å². The Bertz CT molecular complexity index is 775. The van der Waals surface area contributed by atoms with Crippen molar-refractivity contribution in [1.29, 1.82) is 0 Å². The standard InChI is InChI=1S/C22H25NO3/c1-22(2,3)16-11-9-15(10-12-16)18-13-14-19(20(18)24)26-21(25)23-17-7-5-4-6-8-17/h4-12,18-19H,13-14H2,1-3H3,(H,23,25). The normalized spacial score (nSPS) is 20.0. The third-order valence-corrected chi connectivity index (χ3v) is 4.83. The second-order valence-electron chi connectivity index (χ2n) is 7.79. The van der Waals surface area contributed by atoms with Gasteiger partial charge in [-0.2, -0.15) is 0 Å². The molecule has 1 N–H and O–H groups in total. The summed E-state index contributed by atoms with van der Waals surface area (Å²) in [6.45, 7) is 6.49. The summed E-state index contributed by atoms with van der Waals surface area (Å²) in [6.07, 6.45) is 0.00765. The van der Waals surface area contributed by atoms with Gasteiger partial charge in [-0.25, -0.2) is 4.79 Å². The predicted molar refractivity (Wildman–Crippen MR) is 102 cm³/mol. The Morgan fingerprint density at radius 1 is 1.00 bits per heavy atom. The maximum atomic E-state index is 12.7. The lowest BCUT2D eigenvalue weighted by Crippen LogP contribution is -2.27.